The predicted molar refractivity (Wildman–Crippen MR) is 62.5 cm³/mol. The maximum absolute atomic E-state index is 13.2. The van der Waals surface area contributed by atoms with Gasteiger partial charge in [-0.3, -0.25) is 0 Å². The SMILES string of the molecule is CC(O)(c1cccc(F)c1)C1CCCCC1. The molecule has 1 fully saturated rings. The Morgan fingerprint density at radius 3 is 2.56 bits per heavy atom. The van der Waals surface area contributed by atoms with Crippen LogP contribution in [0.1, 0.15) is 44.6 Å². The highest BCUT2D eigenvalue weighted by molar-refractivity contribution is 5.23. The van der Waals surface area contributed by atoms with Crippen LogP contribution in [0.5, 0.6) is 0 Å². The number of rotatable bonds is 2. The fourth-order valence-electron chi connectivity index (χ4n) is 2.70. The number of aliphatic hydroxyl groups is 1. The first kappa shape index (κ1) is 11.6. The molecule has 2 heteroatoms. The molecular weight excluding hydrogens is 203 g/mol. The molecule has 88 valence electrons. The molecule has 16 heavy (non-hydrogen) atoms. The van der Waals surface area contributed by atoms with E-state index < -0.39 is 5.60 Å². The summed E-state index contributed by atoms with van der Waals surface area (Å²) in [6.07, 6.45) is 5.70. The molecule has 0 heterocycles. The summed E-state index contributed by atoms with van der Waals surface area (Å²) in [6.45, 7) is 1.82. The Morgan fingerprint density at radius 1 is 1.25 bits per heavy atom. The average molecular weight is 222 g/mol. The molecule has 0 radical (unpaired) electrons. The van der Waals surface area contributed by atoms with E-state index >= 15 is 0 Å². The summed E-state index contributed by atoms with van der Waals surface area (Å²) >= 11 is 0. The molecule has 1 nitrogen and oxygen atoms in total. The maximum atomic E-state index is 13.2. The van der Waals surface area contributed by atoms with Crippen LogP contribution in [0.25, 0.3) is 0 Å². The van der Waals surface area contributed by atoms with Gasteiger partial charge in [-0.05, 0) is 43.4 Å². The molecule has 0 bridgehead atoms. The van der Waals surface area contributed by atoms with Crippen molar-refractivity contribution in [3.8, 4) is 0 Å². The number of hydrogen-bond acceptors (Lipinski definition) is 1. The Hall–Kier alpha value is -0.890. The van der Waals surface area contributed by atoms with Crippen molar-refractivity contribution < 1.29 is 9.50 Å². The third-order valence-corrected chi connectivity index (χ3v) is 3.81. The number of benzene rings is 1. The number of hydrogen-bond donors (Lipinski definition) is 1. The van der Waals surface area contributed by atoms with E-state index in [-0.39, 0.29) is 11.7 Å². The second-order valence-corrected chi connectivity index (χ2v) is 4.99. The zero-order chi connectivity index (χ0) is 11.6. The Kier molecular flexibility index (Phi) is 3.29. The van der Waals surface area contributed by atoms with Crippen LogP contribution >= 0.6 is 0 Å². The lowest BCUT2D eigenvalue weighted by Crippen LogP contribution is -2.33. The Morgan fingerprint density at radius 2 is 1.94 bits per heavy atom. The van der Waals surface area contributed by atoms with Gasteiger partial charge in [-0.2, -0.15) is 0 Å². The minimum atomic E-state index is -0.886. The van der Waals surface area contributed by atoms with E-state index in [4.69, 9.17) is 0 Å². The van der Waals surface area contributed by atoms with E-state index in [0.29, 0.717) is 5.56 Å². The summed E-state index contributed by atoms with van der Waals surface area (Å²) in [4.78, 5) is 0. The Bertz CT molecular complexity index is 354. The van der Waals surface area contributed by atoms with Gasteiger partial charge in [0.05, 0.1) is 5.60 Å². The smallest absolute Gasteiger partial charge is 0.123 e. The third kappa shape index (κ3) is 2.27. The molecule has 2 rings (SSSR count). The van der Waals surface area contributed by atoms with Gasteiger partial charge in [0.15, 0.2) is 0 Å². The zero-order valence-electron chi connectivity index (χ0n) is 9.75. The van der Waals surface area contributed by atoms with Crippen LogP contribution in [0.15, 0.2) is 24.3 Å². The van der Waals surface area contributed by atoms with Gasteiger partial charge in [-0.15, -0.1) is 0 Å². The van der Waals surface area contributed by atoms with Crippen molar-refractivity contribution in [3.05, 3.63) is 35.6 Å². The van der Waals surface area contributed by atoms with E-state index in [0.717, 1.165) is 12.8 Å². The van der Waals surface area contributed by atoms with Crippen LogP contribution in [-0.2, 0) is 5.60 Å². The molecule has 0 saturated heterocycles. The molecule has 1 aromatic carbocycles. The molecule has 1 aromatic rings. The Balaban J connectivity index is 2.22. The molecule has 0 aromatic heterocycles. The van der Waals surface area contributed by atoms with Gasteiger partial charge in [-0.1, -0.05) is 31.4 Å². The van der Waals surface area contributed by atoms with Crippen LogP contribution in [0.2, 0.25) is 0 Å². The molecule has 1 atom stereocenters. The molecule has 1 saturated carbocycles. The second-order valence-electron chi connectivity index (χ2n) is 4.99. The largest absolute Gasteiger partial charge is 0.385 e. The summed E-state index contributed by atoms with van der Waals surface area (Å²) in [5, 5.41) is 10.6. The van der Waals surface area contributed by atoms with Gasteiger partial charge in [0, 0.05) is 0 Å². The van der Waals surface area contributed by atoms with Crippen molar-refractivity contribution in [2.45, 2.75) is 44.6 Å². The molecule has 1 aliphatic rings. The highest BCUT2D eigenvalue weighted by atomic mass is 19.1. The zero-order valence-corrected chi connectivity index (χ0v) is 9.75. The van der Waals surface area contributed by atoms with Gasteiger partial charge in [0.2, 0.25) is 0 Å². The molecular formula is C14H19FO. The van der Waals surface area contributed by atoms with Gasteiger partial charge in [0.1, 0.15) is 5.82 Å². The summed E-state index contributed by atoms with van der Waals surface area (Å²) in [7, 11) is 0. The summed E-state index contributed by atoms with van der Waals surface area (Å²) < 4.78 is 13.2. The van der Waals surface area contributed by atoms with E-state index in [1.165, 1.54) is 31.4 Å². The first-order valence-electron chi connectivity index (χ1n) is 6.09. The van der Waals surface area contributed by atoms with E-state index in [9.17, 15) is 9.50 Å². The highest BCUT2D eigenvalue weighted by Gasteiger charge is 2.34. The first-order chi connectivity index (χ1) is 7.60. The summed E-state index contributed by atoms with van der Waals surface area (Å²) in [6, 6.07) is 6.36. The van der Waals surface area contributed by atoms with Crippen molar-refractivity contribution >= 4 is 0 Å². The van der Waals surface area contributed by atoms with Crippen LogP contribution < -0.4 is 0 Å². The van der Waals surface area contributed by atoms with Crippen LogP contribution in [-0.4, -0.2) is 5.11 Å². The van der Waals surface area contributed by atoms with Gasteiger partial charge >= 0.3 is 0 Å². The lowest BCUT2D eigenvalue weighted by atomic mass is 9.74. The average Bonchev–Trinajstić information content (AvgIpc) is 2.30. The van der Waals surface area contributed by atoms with Crippen molar-refractivity contribution in [3.63, 3.8) is 0 Å². The summed E-state index contributed by atoms with van der Waals surface area (Å²) in [5.41, 5.74) is -0.179. The maximum Gasteiger partial charge on any atom is 0.123 e. The van der Waals surface area contributed by atoms with E-state index in [2.05, 4.69) is 0 Å². The molecule has 1 aliphatic carbocycles. The predicted octanol–water partition coefficient (Wildman–Crippen LogP) is 3.61. The lowest BCUT2D eigenvalue weighted by Gasteiger charge is -2.36. The molecule has 0 aliphatic heterocycles. The fourth-order valence-corrected chi connectivity index (χ4v) is 2.70. The quantitative estimate of drug-likeness (QED) is 0.810. The molecule has 1 unspecified atom stereocenters. The second kappa shape index (κ2) is 4.54. The van der Waals surface area contributed by atoms with Crippen molar-refractivity contribution in [2.75, 3.05) is 0 Å². The van der Waals surface area contributed by atoms with Crippen LogP contribution in [0.3, 0.4) is 0 Å². The van der Waals surface area contributed by atoms with Gasteiger partial charge in [-0.25, -0.2) is 4.39 Å². The van der Waals surface area contributed by atoms with E-state index in [1.54, 1.807) is 6.07 Å². The monoisotopic (exact) mass is 222 g/mol. The van der Waals surface area contributed by atoms with Crippen LogP contribution in [0, 0.1) is 11.7 Å². The minimum Gasteiger partial charge on any atom is -0.385 e. The minimum absolute atomic E-state index is 0.267. The van der Waals surface area contributed by atoms with Crippen molar-refractivity contribution in [1.82, 2.24) is 0 Å². The van der Waals surface area contributed by atoms with Gasteiger partial charge in [0.25, 0.3) is 0 Å². The highest BCUT2D eigenvalue weighted by Crippen LogP contribution is 2.38. The number of halogens is 1. The topological polar surface area (TPSA) is 20.2 Å². The molecule has 0 amide bonds. The fraction of sp³-hybridized carbons (Fsp3) is 0.571. The lowest BCUT2D eigenvalue weighted by molar-refractivity contribution is -0.0217. The van der Waals surface area contributed by atoms with Crippen LogP contribution in [0.4, 0.5) is 4.39 Å². The normalized spacial score (nSPS) is 21.7. The van der Waals surface area contributed by atoms with Crippen molar-refractivity contribution in [2.24, 2.45) is 5.92 Å². The molecule has 1 N–H and O–H groups in total. The van der Waals surface area contributed by atoms with Gasteiger partial charge < -0.3 is 5.11 Å². The standard InChI is InChI=1S/C14H19FO/c1-14(16,11-6-3-2-4-7-11)12-8-5-9-13(15)10-12/h5,8-11,16H,2-4,6-7H2,1H3. The third-order valence-electron chi connectivity index (χ3n) is 3.81. The van der Waals surface area contributed by atoms with E-state index in [1.807, 2.05) is 13.0 Å². The molecule has 0 spiro atoms. The summed E-state index contributed by atoms with van der Waals surface area (Å²) in [5.74, 6) is -0.00312. The Labute approximate surface area is 96.3 Å². The first-order valence-corrected chi connectivity index (χ1v) is 6.09. The van der Waals surface area contributed by atoms with Crippen molar-refractivity contribution in [1.29, 1.82) is 0 Å².